The Morgan fingerprint density at radius 3 is 2.95 bits per heavy atom. The summed E-state index contributed by atoms with van der Waals surface area (Å²) in [7, 11) is 0. The summed E-state index contributed by atoms with van der Waals surface area (Å²) in [4.78, 5) is 16.6. The average molecular weight is 289 g/mol. The summed E-state index contributed by atoms with van der Waals surface area (Å²) < 4.78 is 0. The van der Waals surface area contributed by atoms with Crippen molar-refractivity contribution in [2.24, 2.45) is 0 Å². The molecule has 0 saturated carbocycles. The van der Waals surface area contributed by atoms with Gasteiger partial charge in [-0.15, -0.1) is 10.2 Å². The van der Waals surface area contributed by atoms with Crippen LogP contribution in [-0.4, -0.2) is 38.1 Å². The SMILES string of the molecule is CCCNc1cc(C)ncc1C(=O)NC(C)c1nn[nH]n1. The first-order valence-corrected chi connectivity index (χ1v) is 6.86. The Labute approximate surface area is 122 Å². The number of H-pyrrole nitrogens is 1. The molecule has 0 aliphatic rings. The third-order valence-electron chi connectivity index (χ3n) is 2.95. The lowest BCUT2D eigenvalue weighted by atomic mass is 10.1. The van der Waals surface area contributed by atoms with Crippen LogP contribution in [0.25, 0.3) is 0 Å². The molecule has 2 aromatic rings. The van der Waals surface area contributed by atoms with Crippen LogP contribution in [0, 0.1) is 6.92 Å². The molecule has 8 heteroatoms. The molecule has 2 aromatic heterocycles. The molecule has 0 spiro atoms. The van der Waals surface area contributed by atoms with E-state index >= 15 is 0 Å². The van der Waals surface area contributed by atoms with E-state index in [1.54, 1.807) is 13.1 Å². The Morgan fingerprint density at radius 2 is 2.29 bits per heavy atom. The number of aromatic amines is 1. The summed E-state index contributed by atoms with van der Waals surface area (Å²) in [5.74, 6) is 0.213. The van der Waals surface area contributed by atoms with Gasteiger partial charge in [0.15, 0.2) is 5.82 Å². The number of hydrogen-bond donors (Lipinski definition) is 3. The van der Waals surface area contributed by atoms with Crippen LogP contribution >= 0.6 is 0 Å². The molecule has 112 valence electrons. The second kappa shape index (κ2) is 6.78. The zero-order valence-electron chi connectivity index (χ0n) is 12.3. The third-order valence-corrected chi connectivity index (χ3v) is 2.95. The number of tetrazole rings is 1. The van der Waals surface area contributed by atoms with Gasteiger partial charge in [-0.3, -0.25) is 9.78 Å². The number of nitrogens with one attached hydrogen (secondary N) is 3. The van der Waals surface area contributed by atoms with Crippen molar-refractivity contribution in [3.8, 4) is 0 Å². The van der Waals surface area contributed by atoms with Crippen molar-refractivity contribution in [3.05, 3.63) is 29.3 Å². The van der Waals surface area contributed by atoms with Gasteiger partial charge in [0.1, 0.15) is 0 Å². The Hall–Kier alpha value is -2.51. The van der Waals surface area contributed by atoms with Gasteiger partial charge in [-0.2, -0.15) is 5.21 Å². The van der Waals surface area contributed by atoms with Crippen LogP contribution in [0.4, 0.5) is 5.69 Å². The van der Waals surface area contributed by atoms with Gasteiger partial charge in [0.25, 0.3) is 5.91 Å². The first-order valence-electron chi connectivity index (χ1n) is 6.86. The lowest BCUT2D eigenvalue weighted by molar-refractivity contribution is 0.0938. The van der Waals surface area contributed by atoms with Gasteiger partial charge in [-0.1, -0.05) is 12.1 Å². The molecule has 0 aromatic carbocycles. The Balaban J connectivity index is 2.14. The van der Waals surface area contributed by atoms with Crippen molar-refractivity contribution in [1.82, 2.24) is 30.9 Å². The average Bonchev–Trinajstić information content (AvgIpc) is 2.99. The van der Waals surface area contributed by atoms with Crippen LogP contribution in [0.3, 0.4) is 0 Å². The molecule has 1 unspecified atom stereocenters. The van der Waals surface area contributed by atoms with E-state index in [1.807, 2.05) is 13.0 Å². The Bertz CT molecular complexity index is 597. The monoisotopic (exact) mass is 289 g/mol. The number of aryl methyl sites for hydroxylation is 1. The van der Waals surface area contributed by atoms with Gasteiger partial charge in [-0.05, 0) is 26.3 Å². The minimum absolute atomic E-state index is 0.224. The molecule has 3 N–H and O–H groups in total. The molecule has 1 amide bonds. The standard InChI is InChI=1S/C13H19N7O/c1-4-5-14-11-6-8(2)15-7-10(11)13(21)16-9(3)12-17-19-20-18-12/h6-7,9H,4-5H2,1-3H3,(H,14,15)(H,16,21)(H,17,18,19,20). The highest BCUT2D eigenvalue weighted by molar-refractivity contribution is 5.99. The molecule has 0 bridgehead atoms. The minimum atomic E-state index is -0.337. The number of anilines is 1. The molecule has 8 nitrogen and oxygen atoms in total. The van der Waals surface area contributed by atoms with Crippen LogP contribution in [-0.2, 0) is 0 Å². The number of carbonyl (C=O) groups excluding carboxylic acids is 1. The van der Waals surface area contributed by atoms with E-state index in [4.69, 9.17) is 0 Å². The molecular formula is C13H19N7O. The zero-order valence-corrected chi connectivity index (χ0v) is 12.3. The maximum atomic E-state index is 12.4. The molecular weight excluding hydrogens is 270 g/mol. The maximum Gasteiger partial charge on any atom is 0.255 e. The summed E-state index contributed by atoms with van der Waals surface area (Å²) in [5, 5.41) is 19.6. The zero-order chi connectivity index (χ0) is 15.2. The Morgan fingerprint density at radius 1 is 1.48 bits per heavy atom. The Kier molecular flexibility index (Phi) is 4.81. The molecule has 0 aliphatic heterocycles. The van der Waals surface area contributed by atoms with E-state index in [0.29, 0.717) is 11.4 Å². The predicted molar refractivity (Wildman–Crippen MR) is 77.8 cm³/mol. The maximum absolute atomic E-state index is 12.4. The molecule has 0 aliphatic carbocycles. The van der Waals surface area contributed by atoms with Crippen LogP contribution in [0.2, 0.25) is 0 Å². The molecule has 2 heterocycles. The fourth-order valence-corrected chi connectivity index (χ4v) is 1.84. The minimum Gasteiger partial charge on any atom is -0.384 e. The molecule has 1 atom stereocenters. The number of aromatic nitrogens is 5. The molecule has 0 fully saturated rings. The van der Waals surface area contributed by atoms with Gasteiger partial charge in [0, 0.05) is 18.4 Å². The lowest BCUT2D eigenvalue weighted by Gasteiger charge is -2.14. The smallest absolute Gasteiger partial charge is 0.255 e. The van der Waals surface area contributed by atoms with Gasteiger partial charge in [0.05, 0.1) is 17.3 Å². The van der Waals surface area contributed by atoms with E-state index in [9.17, 15) is 4.79 Å². The van der Waals surface area contributed by atoms with Crippen LogP contribution in [0.15, 0.2) is 12.3 Å². The highest BCUT2D eigenvalue weighted by Crippen LogP contribution is 2.17. The van der Waals surface area contributed by atoms with Gasteiger partial charge in [0.2, 0.25) is 0 Å². The highest BCUT2D eigenvalue weighted by atomic mass is 16.1. The summed E-state index contributed by atoms with van der Waals surface area (Å²) >= 11 is 0. The first kappa shape index (κ1) is 14.9. The summed E-state index contributed by atoms with van der Waals surface area (Å²) in [5.41, 5.74) is 2.14. The number of hydrogen-bond acceptors (Lipinski definition) is 6. The quantitative estimate of drug-likeness (QED) is 0.737. The largest absolute Gasteiger partial charge is 0.384 e. The first-order chi connectivity index (χ1) is 10.1. The molecule has 0 saturated heterocycles. The van der Waals surface area contributed by atoms with Crippen molar-refractivity contribution in [3.63, 3.8) is 0 Å². The number of rotatable bonds is 6. The van der Waals surface area contributed by atoms with E-state index in [1.165, 1.54) is 0 Å². The number of carbonyl (C=O) groups is 1. The van der Waals surface area contributed by atoms with Crippen LogP contribution in [0.5, 0.6) is 0 Å². The summed E-state index contributed by atoms with van der Waals surface area (Å²) in [6, 6.07) is 1.53. The number of nitrogens with zero attached hydrogens (tertiary/aromatic N) is 4. The predicted octanol–water partition coefficient (Wildman–Crippen LogP) is 1.22. The van der Waals surface area contributed by atoms with E-state index in [-0.39, 0.29) is 11.9 Å². The van der Waals surface area contributed by atoms with E-state index in [0.717, 1.165) is 24.3 Å². The molecule has 2 rings (SSSR count). The lowest BCUT2D eigenvalue weighted by Crippen LogP contribution is -2.28. The van der Waals surface area contributed by atoms with Crippen molar-refractivity contribution in [1.29, 1.82) is 0 Å². The molecule has 21 heavy (non-hydrogen) atoms. The van der Waals surface area contributed by atoms with Crippen molar-refractivity contribution in [2.75, 3.05) is 11.9 Å². The van der Waals surface area contributed by atoms with E-state index < -0.39 is 0 Å². The highest BCUT2D eigenvalue weighted by Gasteiger charge is 2.17. The number of amides is 1. The van der Waals surface area contributed by atoms with Gasteiger partial charge >= 0.3 is 0 Å². The fraction of sp³-hybridized carbons (Fsp3) is 0.462. The second-order valence-corrected chi connectivity index (χ2v) is 4.76. The summed E-state index contributed by atoms with van der Waals surface area (Å²) in [6.07, 6.45) is 2.55. The topological polar surface area (TPSA) is 108 Å². The van der Waals surface area contributed by atoms with Crippen LogP contribution in [0.1, 0.15) is 48.2 Å². The third kappa shape index (κ3) is 3.74. The second-order valence-electron chi connectivity index (χ2n) is 4.76. The molecule has 0 radical (unpaired) electrons. The number of pyridine rings is 1. The van der Waals surface area contributed by atoms with Crippen molar-refractivity contribution >= 4 is 11.6 Å². The van der Waals surface area contributed by atoms with Crippen LogP contribution < -0.4 is 10.6 Å². The van der Waals surface area contributed by atoms with Crippen molar-refractivity contribution < 1.29 is 4.79 Å². The van der Waals surface area contributed by atoms with Crippen molar-refractivity contribution in [2.45, 2.75) is 33.2 Å². The normalized spacial score (nSPS) is 12.0. The summed E-state index contributed by atoms with van der Waals surface area (Å²) in [6.45, 7) is 6.55. The fourth-order valence-electron chi connectivity index (χ4n) is 1.84. The van der Waals surface area contributed by atoms with E-state index in [2.05, 4.69) is 43.2 Å². The van der Waals surface area contributed by atoms with Gasteiger partial charge < -0.3 is 10.6 Å². The van der Waals surface area contributed by atoms with Gasteiger partial charge in [-0.25, -0.2) is 0 Å².